The Morgan fingerprint density at radius 3 is 2.84 bits per heavy atom. The summed E-state index contributed by atoms with van der Waals surface area (Å²) in [4.78, 5) is 15.9. The van der Waals surface area contributed by atoms with Crippen LogP contribution in [0.5, 0.6) is 0 Å². The molecule has 0 aromatic heterocycles. The molecule has 2 aliphatic rings. The number of rotatable bonds is 4. The quantitative estimate of drug-likeness (QED) is 0.585. The summed E-state index contributed by atoms with van der Waals surface area (Å²) < 4.78 is 43.1. The van der Waals surface area contributed by atoms with Crippen LogP contribution in [0.15, 0.2) is 0 Å². The van der Waals surface area contributed by atoms with Crippen molar-refractivity contribution in [1.82, 2.24) is 5.06 Å². The van der Waals surface area contributed by atoms with Crippen molar-refractivity contribution in [3.63, 3.8) is 0 Å². The molecule has 110 valence electrons. The molecule has 7 heteroatoms. The van der Waals surface area contributed by atoms with E-state index < -0.39 is 18.2 Å². The van der Waals surface area contributed by atoms with Crippen molar-refractivity contribution in [3.05, 3.63) is 0 Å². The molecule has 2 aliphatic heterocycles. The van der Waals surface area contributed by atoms with E-state index in [-0.39, 0.29) is 18.4 Å². The second-order valence-electron chi connectivity index (χ2n) is 5.09. The van der Waals surface area contributed by atoms with E-state index in [0.717, 1.165) is 0 Å². The first-order valence-corrected chi connectivity index (χ1v) is 6.51. The topological polar surface area (TPSA) is 38.8 Å². The highest BCUT2D eigenvalue weighted by molar-refractivity contribution is 5.65. The van der Waals surface area contributed by atoms with Crippen molar-refractivity contribution >= 4 is 5.97 Å². The van der Waals surface area contributed by atoms with Crippen LogP contribution in [0.3, 0.4) is 0 Å². The number of fused-ring (bicyclic) bond motifs is 2. The molecule has 4 nitrogen and oxygen atoms in total. The van der Waals surface area contributed by atoms with Gasteiger partial charge in [0.15, 0.2) is 0 Å². The Kier molecular flexibility index (Phi) is 4.35. The highest BCUT2D eigenvalue weighted by atomic mass is 19.4. The predicted octanol–water partition coefficient (Wildman–Crippen LogP) is 2.29. The van der Waals surface area contributed by atoms with Gasteiger partial charge in [-0.1, -0.05) is 0 Å². The maximum absolute atomic E-state index is 12.8. The summed E-state index contributed by atoms with van der Waals surface area (Å²) in [5.74, 6) is -1.68. The van der Waals surface area contributed by atoms with Crippen molar-refractivity contribution in [2.75, 3.05) is 13.2 Å². The Labute approximate surface area is 109 Å². The van der Waals surface area contributed by atoms with Gasteiger partial charge in [-0.05, 0) is 25.7 Å². The van der Waals surface area contributed by atoms with Gasteiger partial charge >= 0.3 is 12.1 Å². The van der Waals surface area contributed by atoms with Gasteiger partial charge in [-0.25, -0.2) is 0 Å². The predicted molar refractivity (Wildman–Crippen MR) is 60.0 cm³/mol. The monoisotopic (exact) mass is 281 g/mol. The van der Waals surface area contributed by atoms with Gasteiger partial charge in [0.05, 0.1) is 18.6 Å². The third-order valence-electron chi connectivity index (χ3n) is 3.70. The summed E-state index contributed by atoms with van der Waals surface area (Å²) in [5.41, 5.74) is 0. The van der Waals surface area contributed by atoms with Crippen molar-refractivity contribution in [3.8, 4) is 0 Å². The summed E-state index contributed by atoms with van der Waals surface area (Å²) in [6.07, 6.45) is -3.07. The number of esters is 1. The molecule has 0 radical (unpaired) electrons. The molecular formula is C12H18F3NO3. The molecule has 2 saturated heterocycles. The van der Waals surface area contributed by atoms with Gasteiger partial charge in [-0.15, -0.1) is 0 Å². The first-order chi connectivity index (χ1) is 8.88. The average Bonchev–Trinajstić information content (AvgIpc) is 2.59. The van der Waals surface area contributed by atoms with Crippen LogP contribution < -0.4 is 0 Å². The minimum Gasteiger partial charge on any atom is -0.466 e. The van der Waals surface area contributed by atoms with E-state index in [1.54, 1.807) is 5.06 Å². The summed E-state index contributed by atoms with van der Waals surface area (Å²) in [6.45, 7) is 1.97. The fourth-order valence-corrected chi connectivity index (χ4v) is 2.79. The third-order valence-corrected chi connectivity index (χ3v) is 3.70. The molecular weight excluding hydrogens is 263 g/mol. The SMILES string of the molecule is CC(=O)OCCC[C@@H]1C[C@@H]2ON1CC[C@H]2C(F)(F)F. The maximum Gasteiger partial charge on any atom is 0.394 e. The lowest BCUT2D eigenvalue weighted by atomic mass is 9.94. The van der Waals surface area contributed by atoms with Crippen molar-refractivity contribution in [2.45, 2.75) is 50.9 Å². The number of carbonyl (C=O) groups is 1. The lowest BCUT2D eigenvalue weighted by Crippen LogP contribution is -2.41. The maximum atomic E-state index is 12.8. The molecule has 0 spiro atoms. The van der Waals surface area contributed by atoms with Crippen molar-refractivity contribution < 1.29 is 27.5 Å². The Hall–Kier alpha value is -0.820. The number of carbonyl (C=O) groups excluding carboxylic acids is 1. The van der Waals surface area contributed by atoms with Crippen LogP contribution in [0.25, 0.3) is 0 Å². The van der Waals surface area contributed by atoms with Gasteiger partial charge in [-0.2, -0.15) is 18.2 Å². The molecule has 19 heavy (non-hydrogen) atoms. The number of hydroxylamine groups is 2. The number of hydrogen-bond acceptors (Lipinski definition) is 4. The van der Waals surface area contributed by atoms with Crippen LogP contribution in [0, 0.1) is 5.92 Å². The number of nitrogens with zero attached hydrogens (tertiary/aromatic N) is 1. The van der Waals surface area contributed by atoms with Crippen LogP contribution in [0.1, 0.15) is 32.6 Å². The first-order valence-electron chi connectivity index (χ1n) is 6.51. The zero-order valence-electron chi connectivity index (χ0n) is 10.8. The minimum absolute atomic E-state index is 0.00732. The molecule has 0 aromatic carbocycles. The highest BCUT2D eigenvalue weighted by Gasteiger charge is 2.52. The average molecular weight is 281 g/mol. The lowest BCUT2D eigenvalue weighted by Gasteiger charge is -2.32. The zero-order chi connectivity index (χ0) is 14.0. The van der Waals surface area contributed by atoms with E-state index in [0.29, 0.717) is 32.4 Å². The summed E-state index contributed by atoms with van der Waals surface area (Å²) in [5, 5.41) is 1.67. The van der Waals surface area contributed by atoms with E-state index in [1.807, 2.05) is 0 Å². The van der Waals surface area contributed by atoms with Gasteiger partial charge in [0, 0.05) is 19.5 Å². The second-order valence-corrected chi connectivity index (χ2v) is 5.09. The van der Waals surface area contributed by atoms with Gasteiger partial charge in [0.25, 0.3) is 0 Å². The molecule has 0 saturated carbocycles. The molecule has 0 amide bonds. The summed E-state index contributed by atoms with van der Waals surface area (Å²) in [6, 6.07) is 0.00732. The van der Waals surface area contributed by atoms with Crippen molar-refractivity contribution in [2.24, 2.45) is 5.92 Å². The van der Waals surface area contributed by atoms with Gasteiger partial charge < -0.3 is 4.74 Å². The highest BCUT2D eigenvalue weighted by Crippen LogP contribution is 2.42. The van der Waals surface area contributed by atoms with Crippen LogP contribution in [0.2, 0.25) is 0 Å². The lowest BCUT2D eigenvalue weighted by molar-refractivity contribution is -0.270. The van der Waals surface area contributed by atoms with Gasteiger partial charge in [0.1, 0.15) is 0 Å². The number of alkyl halides is 3. The Morgan fingerprint density at radius 2 is 2.21 bits per heavy atom. The number of halogens is 3. The molecule has 0 N–H and O–H groups in total. The largest absolute Gasteiger partial charge is 0.466 e. The van der Waals surface area contributed by atoms with Crippen LogP contribution in [-0.4, -0.2) is 42.5 Å². The molecule has 1 unspecified atom stereocenters. The van der Waals surface area contributed by atoms with Crippen LogP contribution in [0.4, 0.5) is 13.2 Å². The normalized spacial score (nSPS) is 34.3. The van der Waals surface area contributed by atoms with Gasteiger partial charge in [0.2, 0.25) is 0 Å². The molecule has 4 atom stereocenters. The summed E-state index contributed by atoms with van der Waals surface area (Å²) in [7, 11) is 0. The van der Waals surface area contributed by atoms with E-state index in [4.69, 9.17) is 9.57 Å². The fraction of sp³-hybridized carbons (Fsp3) is 0.917. The van der Waals surface area contributed by atoms with E-state index in [1.165, 1.54) is 6.92 Å². The zero-order valence-corrected chi connectivity index (χ0v) is 10.8. The fourth-order valence-electron chi connectivity index (χ4n) is 2.79. The molecule has 2 rings (SSSR count). The Bertz CT molecular complexity index is 335. The van der Waals surface area contributed by atoms with Crippen LogP contribution in [-0.2, 0) is 14.4 Å². The number of ether oxygens (including phenoxy) is 1. The molecule has 0 aromatic rings. The second kappa shape index (κ2) is 5.66. The Morgan fingerprint density at radius 1 is 1.47 bits per heavy atom. The van der Waals surface area contributed by atoms with E-state index in [9.17, 15) is 18.0 Å². The standard InChI is InChI=1S/C12H18F3NO3/c1-8(17)18-6-2-3-9-7-11-10(12(13,14)15)4-5-16(9)19-11/h9-11H,2-7H2,1H3/t9-,10-,11+/m1/s1. The number of hydrogen-bond donors (Lipinski definition) is 0. The molecule has 0 aliphatic carbocycles. The molecule has 2 heterocycles. The van der Waals surface area contributed by atoms with Crippen molar-refractivity contribution in [1.29, 1.82) is 0 Å². The minimum atomic E-state index is -4.18. The third kappa shape index (κ3) is 3.60. The Balaban J connectivity index is 1.79. The molecule has 2 bridgehead atoms. The smallest absolute Gasteiger partial charge is 0.394 e. The molecule has 2 fully saturated rings. The van der Waals surface area contributed by atoms with E-state index >= 15 is 0 Å². The van der Waals surface area contributed by atoms with E-state index in [2.05, 4.69) is 0 Å². The summed E-state index contributed by atoms with van der Waals surface area (Å²) >= 11 is 0. The van der Waals surface area contributed by atoms with Gasteiger partial charge in [-0.3, -0.25) is 9.63 Å². The first kappa shape index (κ1) is 14.6. The van der Waals surface area contributed by atoms with Crippen LogP contribution >= 0.6 is 0 Å².